The molecule has 0 aliphatic heterocycles. The third-order valence-corrected chi connectivity index (χ3v) is 6.82. The lowest BCUT2D eigenvalue weighted by atomic mass is 10.0. The van der Waals surface area contributed by atoms with Gasteiger partial charge in [-0.3, -0.25) is 4.55 Å². The van der Waals surface area contributed by atoms with Gasteiger partial charge in [-0.1, -0.05) is 104 Å². The maximum Gasteiger partial charge on any atom is 0.267 e. The van der Waals surface area contributed by atoms with Crippen molar-refractivity contribution in [2.45, 2.75) is 141 Å². The second-order valence-electron chi connectivity index (χ2n) is 8.19. The van der Waals surface area contributed by atoms with E-state index in [1.165, 1.54) is 44.9 Å². The highest BCUT2D eigenvalue weighted by atomic mass is 32.2. The van der Waals surface area contributed by atoms with Crippen molar-refractivity contribution in [3.8, 4) is 0 Å². The summed E-state index contributed by atoms with van der Waals surface area (Å²) in [5.74, 6) is 0. The van der Waals surface area contributed by atoms with Crippen molar-refractivity contribution in [3.63, 3.8) is 0 Å². The summed E-state index contributed by atoms with van der Waals surface area (Å²) in [7, 11) is -3.94. The molecule has 2 unspecified atom stereocenters. The molecule has 0 aliphatic rings. The summed E-state index contributed by atoms with van der Waals surface area (Å²) >= 11 is 0. The predicted molar refractivity (Wildman–Crippen MR) is 116 cm³/mol. The van der Waals surface area contributed by atoms with Crippen LogP contribution in [0.3, 0.4) is 0 Å². The van der Waals surface area contributed by atoms with Crippen LogP contribution in [0.2, 0.25) is 0 Å². The molecule has 0 fully saturated rings. The minimum absolute atomic E-state index is 0.216. The first-order chi connectivity index (χ1) is 12.9. The van der Waals surface area contributed by atoms with Crippen molar-refractivity contribution < 1.29 is 18.1 Å². The highest BCUT2D eigenvalue weighted by Crippen LogP contribution is 2.19. The maximum atomic E-state index is 11.6. The standard InChI is InChI=1S/C22H46O4S/c1-3-5-7-9-10-11-15-19-22(27(24,25)26)20-16-12-14-18-21(23)17-13-8-6-4-2/h21-23H,3-20H2,1-2H3,(H,24,25,26). The number of unbranched alkanes of at least 4 members (excludes halogenated alkanes) is 11. The third kappa shape index (κ3) is 17.7. The summed E-state index contributed by atoms with van der Waals surface area (Å²) in [6.45, 7) is 4.38. The SMILES string of the molecule is CCCCCCCCCC(CCCCCC(O)CCCCCC)S(=O)(=O)O. The molecule has 0 heterocycles. The minimum Gasteiger partial charge on any atom is -0.393 e. The molecule has 164 valence electrons. The van der Waals surface area contributed by atoms with Gasteiger partial charge in [-0.05, 0) is 25.7 Å². The van der Waals surface area contributed by atoms with Crippen molar-refractivity contribution in [2.75, 3.05) is 0 Å². The minimum atomic E-state index is -3.94. The van der Waals surface area contributed by atoms with Crippen LogP contribution in [0.15, 0.2) is 0 Å². The van der Waals surface area contributed by atoms with Crippen LogP contribution in [0.1, 0.15) is 129 Å². The Labute approximate surface area is 169 Å². The number of aliphatic hydroxyl groups is 1. The fourth-order valence-corrected chi connectivity index (χ4v) is 4.58. The molecule has 2 N–H and O–H groups in total. The quantitative estimate of drug-likeness (QED) is 0.175. The number of rotatable bonds is 20. The average molecular weight is 407 g/mol. The van der Waals surface area contributed by atoms with Gasteiger partial charge < -0.3 is 5.11 Å². The molecule has 0 aromatic heterocycles. The molecule has 0 aromatic rings. The lowest BCUT2D eigenvalue weighted by molar-refractivity contribution is 0.147. The number of aliphatic hydroxyl groups excluding tert-OH is 1. The van der Waals surface area contributed by atoms with Crippen molar-refractivity contribution >= 4 is 10.1 Å². The van der Waals surface area contributed by atoms with E-state index < -0.39 is 15.4 Å². The van der Waals surface area contributed by atoms with Gasteiger partial charge in [-0.15, -0.1) is 0 Å². The summed E-state index contributed by atoms with van der Waals surface area (Å²) in [4.78, 5) is 0. The largest absolute Gasteiger partial charge is 0.393 e. The molecule has 0 aromatic carbocycles. The van der Waals surface area contributed by atoms with Crippen LogP contribution >= 0.6 is 0 Å². The van der Waals surface area contributed by atoms with Crippen LogP contribution in [0.5, 0.6) is 0 Å². The molecule has 0 bridgehead atoms. The van der Waals surface area contributed by atoms with E-state index in [4.69, 9.17) is 0 Å². The van der Waals surface area contributed by atoms with E-state index in [-0.39, 0.29) is 6.10 Å². The molecule has 0 rings (SSSR count). The van der Waals surface area contributed by atoms with Gasteiger partial charge >= 0.3 is 0 Å². The van der Waals surface area contributed by atoms with Crippen molar-refractivity contribution in [3.05, 3.63) is 0 Å². The van der Waals surface area contributed by atoms with Gasteiger partial charge in [0, 0.05) is 0 Å². The van der Waals surface area contributed by atoms with Crippen LogP contribution in [-0.4, -0.2) is 29.4 Å². The first kappa shape index (κ1) is 26.9. The van der Waals surface area contributed by atoms with E-state index in [0.717, 1.165) is 57.8 Å². The Kier molecular flexibility index (Phi) is 17.8. The second kappa shape index (κ2) is 17.9. The Morgan fingerprint density at radius 2 is 0.926 bits per heavy atom. The van der Waals surface area contributed by atoms with E-state index in [9.17, 15) is 18.1 Å². The Morgan fingerprint density at radius 3 is 1.37 bits per heavy atom. The zero-order chi connectivity index (χ0) is 20.4. The lowest BCUT2D eigenvalue weighted by Crippen LogP contribution is -2.20. The van der Waals surface area contributed by atoms with Gasteiger partial charge in [0.15, 0.2) is 0 Å². The molecule has 0 saturated heterocycles. The van der Waals surface area contributed by atoms with Crippen molar-refractivity contribution in [1.29, 1.82) is 0 Å². The molecular formula is C22H46O4S. The Bertz CT molecular complexity index is 409. The first-order valence-corrected chi connectivity index (χ1v) is 13.1. The van der Waals surface area contributed by atoms with E-state index in [0.29, 0.717) is 12.8 Å². The van der Waals surface area contributed by atoms with Gasteiger partial charge in [0.25, 0.3) is 10.1 Å². The van der Waals surface area contributed by atoms with E-state index in [2.05, 4.69) is 13.8 Å². The highest BCUT2D eigenvalue weighted by Gasteiger charge is 2.21. The molecular weight excluding hydrogens is 360 g/mol. The zero-order valence-corrected chi connectivity index (χ0v) is 18.8. The van der Waals surface area contributed by atoms with Crippen LogP contribution in [-0.2, 0) is 10.1 Å². The Balaban J connectivity index is 3.80. The van der Waals surface area contributed by atoms with E-state index >= 15 is 0 Å². The summed E-state index contributed by atoms with van der Waals surface area (Å²) in [5, 5.41) is 9.37. The Hall–Kier alpha value is -0.130. The first-order valence-electron chi connectivity index (χ1n) is 11.6. The van der Waals surface area contributed by atoms with Crippen molar-refractivity contribution in [1.82, 2.24) is 0 Å². The van der Waals surface area contributed by atoms with E-state index in [1.54, 1.807) is 0 Å². The molecule has 5 heteroatoms. The monoisotopic (exact) mass is 406 g/mol. The van der Waals surface area contributed by atoms with Gasteiger partial charge in [-0.2, -0.15) is 8.42 Å². The smallest absolute Gasteiger partial charge is 0.267 e. The average Bonchev–Trinajstić information content (AvgIpc) is 2.61. The number of hydrogen-bond acceptors (Lipinski definition) is 3. The van der Waals surface area contributed by atoms with Gasteiger partial charge in [-0.25, -0.2) is 0 Å². The zero-order valence-electron chi connectivity index (χ0n) is 18.0. The fraction of sp³-hybridized carbons (Fsp3) is 1.00. The molecule has 0 spiro atoms. The van der Waals surface area contributed by atoms with Crippen LogP contribution < -0.4 is 0 Å². The van der Waals surface area contributed by atoms with Gasteiger partial charge in [0.1, 0.15) is 0 Å². The molecule has 0 saturated carbocycles. The maximum absolute atomic E-state index is 11.6. The van der Waals surface area contributed by atoms with E-state index in [1.807, 2.05) is 0 Å². The summed E-state index contributed by atoms with van der Waals surface area (Å²) in [6.07, 6.45) is 18.1. The molecule has 0 amide bonds. The Morgan fingerprint density at radius 1 is 0.593 bits per heavy atom. The highest BCUT2D eigenvalue weighted by molar-refractivity contribution is 7.86. The predicted octanol–water partition coefficient (Wildman–Crippen LogP) is 6.67. The summed E-state index contributed by atoms with van der Waals surface area (Å²) in [6, 6.07) is 0. The third-order valence-electron chi connectivity index (χ3n) is 5.51. The van der Waals surface area contributed by atoms with Crippen LogP contribution in [0.25, 0.3) is 0 Å². The topological polar surface area (TPSA) is 74.6 Å². The molecule has 0 radical (unpaired) electrons. The van der Waals surface area contributed by atoms with Crippen LogP contribution in [0.4, 0.5) is 0 Å². The molecule has 2 atom stereocenters. The van der Waals surface area contributed by atoms with Crippen LogP contribution in [0, 0.1) is 0 Å². The van der Waals surface area contributed by atoms with Gasteiger partial charge in [0.2, 0.25) is 0 Å². The summed E-state index contributed by atoms with van der Waals surface area (Å²) < 4.78 is 32.7. The molecule has 27 heavy (non-hydrogen) atoms. The lowest BCUT2D eigenvalue weighted by Gasteiger charge is -2.14. The molecule has 4 nitrogen and oxygen atoms in total. The number of hydrogen-bond donors (Lipinski definition) is 2. The van der Waals surface area contributed by atoms with Gasteiger partial charge in [0.05, 0.1) is 11.4 Å². The molecule has 0 aliphatic carbocycles. The normalized spacial score (nSPS) is 14.4. The van der Waals surface area contributed by atoms with Crippen molar-refractivity contribution in [2.24, 2.45) is 0 Å². The summed E-state index contributed by atoms with van der Waals surface area (Å²) in [5.41, 5.74) is 0. The second-order valence-corrected chi connectivity index (χ2v) is 9.88. The fourth-order valence-electron chi connectivity index (χ4n) is 3.65.